The van der Waals surface area contributed by atoms with Gasteiger partial charge in [0.15, 0.2) is 11.5 Å². The van der Waals surface area contributed by atoms with Crippen LogP contribution in [-0.4, -0.2) is 35.0 Å². The predicted octanol–water partition coefficient (Wildman–Crippen LogP) is 3.69. The Morgan fingerprint density at radius 2 is 2.00 bits per heavy atom. The predicted molar refractivity (Wildman–Crippen MR) is 104 cm³/mol. The molecule has 0 radical (unpaired) electrons. The maximum absolute atomic E-state index is 9.30. The van der Waals surface area contributed by atoms with Gasteiger partial charge in [-0.25, -0.2) is 4.98 Å². The largest absolute Gasteiger partial charge is 0.493 e. The molecule has 3 rings (SSSR count). The number of rotatable bonds is 8. The van der Waals surface area contributed by atoms with Crippen molar-refractivity contribution >= 4 is 17.1 Å². The van der Waals surface area contributed by atoms with E-state index >= 15 is 0 Å². The van der Waals surface area contributed by atoms with Gasteiger partial charge in [-0.1, -0.05) is 30.4 Å². The molecule has 0 fully saturated rings. The van der Waals surface area contributed by atoms with Crippen LogP contribution in [0.1, 0.15) is 18.3 Å². The average Bonchev–Trinajstić information content (AvgIpc) is 3.01. The van der Waals surface area contributed by atoms with Crippen LogP contribution in [0.2, 0.25) is 0 Å². The Balaban J connectivity index is 1.76. The first-order chi connectivity index (χ1) is 12.8. The van der Waals surface area contributed by atoms with E-state index in [2.05, 4.69) is 9.55 Å². The summed E-state index contributed by atoms with van der Waals surface area (Å²) in [6.07, 6.45) is 4.53. The number of allylic oxidation sites excluding steroid dienone is 1. The number of nitrogens with zero attached hydrogens (tertiary/aromatic N) is 2. The first kappa shape index (κ1) is 18.0. The van der Waals surface area contributed by atoms with E-state index in [0.29, 0.717) is 31.1 Å². The minimum Gasteiger partial charge on any atom is -0.493 e. The molecular formula is C21H24N2O3. The Kier molecular flexibility index (Phi) is 5.92. The van der Waals surface area contributed by atoms with Gasteiger partial charge in [-0.2, -0.15) is 0 Å². The van der Waals surface area contributed by atoms with Crippen molar-refractivity contribution in [3.63, 3.8) is 0 Å². The van der Waals surface area contributed by atoms with Crippen molar-refractivity contribution in [1.82, 2.24) is 9.55 Å². The third-order valence-corrected chi connectivity index (χ3v) is 4.19. The van der Waals surface area contributed by atoms with E-state index in [1.54, 1.807) is 7.11 Å². The Labute approximate surface area is 153 Å². The van der Waals surface area contributed by atoms with Crippen molar-refractivity contribution in [2.45, 2.75) is 19.9 Å². The summed E-state index contributed by atoms with van der Waals surface area (Å²) in [6, 6.07) is 13.9. The third-order valence-electron chi connectivity index (χ3n) is 4.19. The molecule has 1 aromatic heterocycles. The van der Waals surface area contributed by atoms with Crippen LogP contribution in [-0.2, 0) is 13.0 Å². The van der Waals surface area contributed by atoms with E-state index in [0.717, 1.165) is 22.4 Å². The van der Waals surface area contributed by atoms with Crippen LogP contribution in [0.4, 0.5) is 0 Å². The average molecular weight is 352 g/mol. The van der Waals surface area contributed by atoms with Crippen LogP contribution in [0.25, 0.3) is 17.1 Å². The molecule has 0 saturated heterocycles. The molecule has 0 saturated carbocycles. The molecule has 0 unspecified atom stereocenters. The van der Waals surface area contributed by atoms with E-state index in [1.165, 1.54) is 0 Å². The molecule has 0 bridgehead atoms. The molecule has 1 heterocycles. The van der Waals surface area contributed by atoms with Crippen molar-refractivity contribution in [3.05, 3.63) is 59.9 Å². The number of aliphatic hydroxyl groups excluding tert-OH is 1. The van der Waals surface area contributed by atoms with Gasteiger partial charge in [0, 0.05) is 6.42 Å². The highest BCUT2D eigenvalue weighted by atomic mass is 16.5. The van der Waals surface area contributed by atoms with Crippen LogP contribution < -0.4 is 9.47 Å². The van der Waals surface area contributed by atoms with E-state index < -0.39 is 0 Å². The van der Waals surface area contributed by atoms with Gasteiger partial charge in [0.25, 0.3) is 0 Å². The molecule has 0 aliphatic rings. The second kappa shape index (κ2) is 8.54. The molecule has 5 nitrogen and oxygen atoms in total. The number of aromatic nitrogens is 2. The number of aliphatic hydroxyl groups is 1. The van der Waals surface area contributed by atoms with Crippen LogP contribution in [0.3, 0.4) is 0 Å². The highest BCUT2D eigenvalue weighted by Crippen LogP contribution is 2.28. The third kappa shape index (κ3) is 3.89. The Morgan fingerprint density at radius 3 is 2.77 bits per heavy atom. The summed E-state index contributed by atoms with van der Waals surface area (Å²) in [5.41, 5.74) is 3.06. The molecule has 0 atom stereocenters. The van der Waals surface area contributed by atoms with Crippen LogP contribution in [0.15, 0.2) is 48.5 Å². The van der Waals surface area contributed by atoms with E-state index in [-0.39, 0.29) is 6.61 Å². The van der Waals surface area contributed by atoms with Gasteiger partial charge in [-0.3, -0.25) is 0 Å². The normalized spacial score (nSPS) is 11.3. The van der Waals surface area contributed by atoms with E-state index in [4.69, 9.17) is 9.47 Å². The second-order valence-corrected chi connectivity index (χ2v) is 5.90. The standard InChI is InChI=1S/C21H24N2O3/c1-3-6-16-9-10-19(20(15-16)25-2)26-14-12-23-18-8-5-4-7-17(18)22-21(23)11-13-24/h3-10,15,24H,11-14H2,1-2H3/b6-3+. The zero-order valence-corrected chi connectivity index (χ0v) is 15.2. The summed E-state index contributed by atoms with van der Waals surface area (Å²) >= 11 is 0. The number of fused-ring (bicyclic) bond motifs is 1. The van der Waals surface area contributed by atoms with Crippen molar-refractivity contribution in [2.75, 3.05) is 20.3 Å². The molecule has 26 heavy (non-hydrogen) atoms. The van der Waals surface area contributed by atoms with Gasteiger partial charge in [0.1, 0.15) is 12.4 Å². The quantitative estimate of drug-likeness (QED) is 0.672. The van der Waals surface area contributed by atoms with Crippen LogP contribution in [0.5, 0.6) is 11.5 Å². The van der Waals surface area contributed by atoms with Crippen molar-refractivity contribution in [3.8, 4) is 11.5 Å². The van der Waals surface area contributed by atoms with Gasteiger partial charge < -0.3 is 19.1 Å². The highest BCUT2D eigenvalue weighted by Gasteiger charge is 2.11. The van der Waals surface area contributed by atoms with Gasteiger partial charge in [-0.15, -0.1) is 0 Å². The van der Waals surface area contributed by atoms with Crippen molar-refractivity contribution in [2.24, 2.45) is 0 Å². The van der Waals surface area contributed by atoms with Crippen LogP contribution in [0, 0.1) is 0 Å². The Morgan fingerprint density at radius 1 is 1.15 bits per heavy atom. The summed E-state index contributed by atoms with van der Waals surface area (Å²) in [5.74, 6) is 2.30. The minimum absolute atomic E-state index is 0.0738. The SMILES string of the molecule is C/C=C/c1ccc(OCCn2c(CCO)nc3ccccc32)c(OC)c1. The summed E-state index contributed by atoms with van der Waals surface area (Å²) < 4.78 is 13.5. The van der Waals surface area contributed by atoms with Gasteiger partial charge >= 0.3 is 0 Å². The van der Waals surface area contributed by atoms with E-state index in [9.17, 15) is 5.11 Å². The minimum atomic E-state index is 0.0738. The van der Waals surface area contributed by atoms with E-state index in [1.807, 2.05) is 61.5 Å². The summed E-state index contributed by atoms with van der Waals surface area (Å²) in [5, 5.41) is 9.30. The fourth-order valence-electron chi connectivity index (χ4n) is 3.01. The summed E-state index contributed by atoms with van der Waals surface area (Å²) in [7, 11) is 1.64. The molecule has 5 heteroatoms. The van der Waals surface area contributed by atoms with Crippen molar-refractivity contribution in [1.29, 1.82) is 0 Å². The second-order valence-electron chi connectivity index (χ2n) is 5.90. The fourth-order valence-corrected chi connectivity index (χ4v) is 3.01. The lowest BCUT2D eigenvalue weighted by Crippen LogP contribution is -2.12. The molecule has 2 aromatic carbocycles. The summed E-state index contributed by atoms with van der Waals surface area (Å²) in [4.78, 5) is 4.61. The fraction of sp³-hybridized carbons (Fsp3) is 0.286. The number of hydrogen-bond acceptors (Lipinski definition) is 4. The van der Waals surface area contributed by atoms with Gasteiger partial charge in [0.2, 0.25) is 0 Å². The lowest BCUT2D eigenvalue weighted by molar-refractivity contribution is 0.273. The zero-order valence-electron chi connectivity index (χ0n) is 15.2. The maximum Gasteiger partial charge on any atom is 0.161 e. The number of imidazole rings is 1. The van der Waals surface area contributed by atoms with Gasteiger partial charge in [0.05, 0.1) is 31.3 Å². The monoisotopic (exact) mass is 352 g/mol. The number of hydrogen-bond donors (Lipinski definition) is 1. The van der Waals surface area contributed by atoms with Crippen LogP contribution >= 0.6 is 0 Å². The molecule has 0 spiro atoms. The molecule has 1 N–H and O–H groups in total. The number of methoxy groups -OCH3 is 1. The van der Waals surface area contributed by atoms with Crippen molar-refractivity contribution < 1.29 is 14.6 Å². The molecule has 3 aromatic rings. The lowest BCUT2D eigenvalue weighted by atomic mass is 10.2. The topological polar surface area (TPSA) is 56.5 Å². The zero-order chi connectivity index (χ0) is 18.4. The lowest BCUT2D eigenvalue weighted by Gasteiger charge is -2.13. The molecule has 0 amide bonds. The van der Waals surface area contributed by atoms with Gasteiger partial charge in [-0.05, 0) is 36.8 Å². The Bertz CT molecular complexity index is 899. The first-order valence-corrected chi connectivity index (χ1v) is 8.75. The first-order valence-electron chi connectivity index (χ1n) is 8.75. The number of para-hydroxylation sites is 2. The number of ether oxygens (including phenoxy) is 2. The highest BCUT2D eigenvalue weighted by molar-refractivity contribution is 5.75. The smallest absolute Gasteiger partial charge is 0.161 e. The molecule has 136 valence electrons. The molecule has 0 aliphatic carbocycles. The Hall–Kier alpha value is -2.79. The maximum atomic E-state index is 9.30. The summed E-state index contributed by atoms with van der Waals surface area (Å²) in [6.45, 7) is 3.19. The molecular weight excluding hydrogens is 328 g/mol. The number of benzene rings is 2. The molecule has 0 aliphatic heterocycles.